The van der Waals surface area contributed by atoms with E-state index in [0.29, 0.717) is 65.4 Å². The summed E-state index contributed by atoms with van der Waals surface area (Å²) in [5.41, 5.74) is 9.45. The van der Waals surface area contributed by atoms with Crippen molar-refractivity contribution >= 4 is 69.9 Å². The van der Waals surface area contributed by atoms with Gasteiger partial charge in [-0.25, -0.2) is 14.4 Å². The third-order valence-corrected chi connectivity index (χ3v) is 21.8. The number of Topliss-reactive ketones (excluding diaryl/α,β-unsaturated/α-hetero) is 3. The molecule has 109 heavy (non-hydrogen) atoms. The van der Waals surface area contributed by atoms with E-state index >= 15 is 0 Å². The van der Waals surface area contributed by atoms with E-state index in [9.17, 15) is 48.3 Å². The number of aliphatic hydroxyl groups is 1. The highest BCUT2D eigenvalue weighted by atomic mass is 16.6. The van der Waals surface area contributed by atoms with Crippen molar-refractivity contribution in [3.8, 4) is 51.3 Å². The van der Waals surface area contributed by atoms with Crippen molar-refractivity contribution in [1.82, 2.24) is 35.4 Å². The fourth-order valence-corrected chi connectivity index (χ4v) is 15.4. The molecule has 1 saturated heterocycles. The number of hydrogen-bond acceptors (Lipinski definition) is 18. The molecular formula is C84H93N9O16. The monoisotopic (exact) mass is 1480 g/mol. The van der Waals surface area contributed by atoms with E-state index in [1.165, 1.54) is 26.4 Å². The molecule has 6 amide bonds. The molecule has 6 aromatic carbocycles. The van der Waals surface area contributed by atoms with Gasteiger partial charge in [-0.05, 0) is 140 Å². The van der Waals surface area contributed by atoms with Crippen molar-refractivity contribution in [3.05, 3.63) is 166 Å². The summed E-state index contributed by atoms with van der Waals surface area (Å²) in [6, 6.07) is 35.0. The number of nitrogens with one attached hydrogen (secondary N) is 2. The number of nitrogens with zero attached hydrogens (tertiary/aromatic N) is 7. The Morgan fingerprint density at radius 3 is 2.10 bits per heavy atom. The Morgan fingerprint density at radius 2 is 1.39 bits per heavy atom. The lowest BCUT2D eigenvalue weighted by Crippen LogP contribution is -2.50. The van der Waals surface area contributed by atoms with Crippen LogP contribution in [0.4, 0.5) is 16.2 Å². The average molecular weight is 1480 g/mol. The predicted molar refractivity (Wildman–Crippen MR) is 405 cm³/mol. The zero-order valence-corrected chi connectivity index (χ0v) is 62.8. The molecule has 1 aliphatic carbocycles. The highest BCUT2D eigenvalue weighted by Gasteiger charge is 2.58. The summed E-state index contributed by atoms with van der Waals surface area (Å²) in [4.78, 5) is 130. The number of amides is 6. The number of carbonyl (C=O) groups is 9. The molecule has 13 rings (SSSR count). The first-order chi connectivity index (χ1) is 52.5. The van der Waals surface area contributed by atoms with Crippen molar-refractivity contribution in [3.63, 3.8) is 0 Å². The van der Waals surface area contributed by atoms with Crippen LogP contribution in [-0.2, 0) is 59.5 Å². The Labute approximate surface area is 633 Å². The fourth-order valence-electron chi connectivity index (χ4n) is 15.4. The smallest absolute Gasteiger partial charge is 0.416 e. The number of para-hydroxylation sites is 1. The summed E-state index contributed by atoms with van der Waals surface area (Å²) in [6.45, 7) is 9.59. The van der Waals surface area contributed by atoms with Gasteiger partial charge in [-0.15, -0.1) is 5.10 Å². The van der Waals surface area contributed by atoms with Crippen LogP contribution in [0.5, 0.6) is 28.7 Å². The van der Waals surface area contributed by atoms with Gasteiger partial charge in [0.15, 0.2) is 40.8 Å². The van der Waals surface area contributed by atoms with Crippen LogP contribution in [0.25, 0.3) is 28.1 Å². The first kappa shape index (κ1) is 76.0. The van der Waals surface area contributed by atoms with E-state index in [-0.39, 0.29) is 147 Å². The normalized spacial score (nSPS) is 17.7. The zero-order valence-electron chi connectivity index (χ0n) is 62.8. The molecule has 6 heterocycles. The number of hydrogen-bond donors (Lipinski definition) is 3. The molecule has 1 unspecified atom stereocenters. The van der Waals surface area contributed by atoms with Crippen LogP contribution in [0.15, 0.2) is 128 Å². The molecule has 0 bridgehead atoms. The highest BCUT2D eigenvalue weighted by molar-refractivity contribution is 6.07. The molecule has 25 nitrogen and oxygen atoms in total. The lowest BCUT2D eigenvalue weighted by Gasteiger charge is -2.31. The molecular weight excluding hydrogens is 1390 g/mol. The second kappa shape index (κ2) is 32.7. The first-order valence-electron chi connectivity index (χ1n) is 37.5. The van der Waals surface area contributed by atoms with Crippen molar-refractivity contribution in [1.29, 1.82) is 0 Å². The maximum atomic E-state index is 14.5. The minimum Gasteiger partial charge on any atom is -0.497 e. The van der Waals surface area contributed by atoms with Crippen LogP contribution in [0, 0.1) is 17.3 Å². The van der Waals surface area contributed by atoms with E-state index in [4.69, 9.17) is 28.4 Å². The molecule has 3 N–H and O–H groups in total. The second-order valence-corrected chi connectivity index (χ2v) is 29.8. The summed E-state index contributed by atoms with van der Waals surface area (Å²) in [7, 11) is 4.62. The zero-order chi connectivity index (χ0) is 76.9. The highest BCUT2D eigenvalue weighted by Crippen LogP contribution is 2.57. The Morgan fingerprint density at radius 1 is 0.688 bits per heavy atom. The van der Waals surface area contributed by atoms with Gasteiger partial charge in [-0.3, -0.25) is 38.4 Å². The average Bonchev–Trinajstić information content (AvgIpc) is 1.57. The van der Waals surface area contributed by atoms with Crippen molar-refractivity contribution in [2.45, 2.75) is 162 Å². The van der Waals surface area contributed by atoms with Gasteiger partial charge >= 0.3 is 6.09 Å². The molecule has 7 aromatic rings. The summed E-state index contributed by atoms with van der Waals surface area (Å²) < 4.78 is 37.4. The number of aryl methyl sites for hydroxylation is 1. The van der Waals surface area contributed by atoms with Crippen molar-refractivity contribution in [2.24, 2.45) is 17.3 Å². The van der Waals surface area contributed by atoms with Crippen molar-refractivity contribution in [2.75, 3.05) is 57.4 Å². The number of fused-ring (bicyclic) bond motifs is 9. The van der Waals surface area contributed by atoms with E-state index in [0.717, 1.165) is 75.4 Å². The number of ether oxygens (including phenoxy) is 6. The minimum absolute atomic E-state index is 0.00453. The van der Waals surface area contributed by atoms with E-state index in [1.54, 1.807) is 68.0 Å². The number of rotatable bonds is 29. The Balaban J connectivity index is 0.569. The lowest BCUT2D eigenvalue weighted by atomic mass is 9.89. The molecule has 1 saturated carbocycles. The number of methoxy groups -OCH3 is 3. The molecule has 5 atom stereocenters. The summed E-state index contributed by atoms with van der Waals surface area (Å²) >= 11 is 0. The van der Waals surface area contributed by atoms with Crippen LogP contribution >= 0.6 is 0 Å². The summed E-state index contributed by atoms with van der Waals surface area (Å²) in [5.74, 6) is -1.83. The Kier molecular flexibility index (Phi) is 22.8. The van der Waals surface area contributed by atoms with Gasteiger partial charge in [0.25, 0.3) is 11.8 Å². The molecule has 6 aliphatic rings. The predicted octanol–water partition coefficient (Wildman–Crippen LogP) is 11.4. The second-order valence-electron chi connectivity index (χ2n) is 29.8. The number of ketones is 3. The third kappa shape index (κ3) is 16.5. The quantitative estimate of drug-likeness (QED) is 0.0367. The van der Waals surface area contributed by atoms with Gasteiger partial charge in [-0.2, -0.15) is 0 Å². The minimum atomic E-state index is -1.48. The first-order valence-corrected chi connectivity index (χ1v) is 37.5. The summed E-state index contributed by atoms with van der Waals surface area (Å²) in [6.07, 6.45) is 3.53. The van der Waals surface area contributed by atoms with Gasteiger partial charge in [0, 0.05) is 98.4 Å². The number of carbonyl (C=O) groups excluding carboxylic acids is 9. The van der Waals surface area contributed by atoms with Crippen LogP contribution in [0.2, 0.25) is 0 Å². The van der Waals surface area contributed by atoms with E-state index in [2.05, 4.69) is 20.9 Å². The van der Waals surface area contributed by atoms with E-state index in [1.807, 2.05) is 108 Å². The number of aliphatic hydroxyl groups excluding tert-OH is 1. The van der Waals surface area contributed by atoms with Gasteiger partial charge in [0.05, 0.1) is 82.3 Å². The fraction of sp³-hybridized carbons (Fsp3) is 0.417. The van der Waals surface area contributed by atoms with Crippen molar-refractivity contribution < 1.29 is 76.7 Å². The van der Waals surface area contributed by atoms with Gasteiger partial charge in [-0.1, -0.05) is 97.9 Å². The Bertz CT molecular complexity index is 4710. The van der Waals surface area contributed by atoms with Crippen LogP contribution < -0.4 is 44.1 Å². The molecule has 25 heteroatoms. The SMILES string of the molecule is COc1cccc(C2=CN3C(=O)c4cc(OC)c(OCCCOc5cc6c(cc5OC)C(=O)N5CC7(CC7)C[C@H]5C(O)N6C(=O)OCc5ccc(CC(=O)[C@H](C)NC(=O)[C@@H](CC(=O)CNC(=O)CCC(=O)CCC(=O)N6Cc7ccccc7-c7c(nnn7C(C)C)-c7ccccc76)C(C)C)cc5)cc4CC[C@@H]3C2)c1. The topological polar surface area (TPSA) is 297 Å². The number of anilines is 2. The maximum absolute atomic E-state index is 14.5. The molecule has 1 spiro atoms. The Hall–Kier alpha value is -11.2. The number of benzene rings is 6. The molecule has 570 valence electrons. The number of aromatic nitrogens is 3. The molecule has 0 radical (unpaired) electrons. The molecule has 1 aromatic heterocycles. The maximum Gasteiger partial charge on any atom is 0.416 e. The van der Waals surface area contributed by atoms with Crippen LogP contribution in [-0.4, -0.2) is 155 Å². The van der Waals surface area contributed by atoms with Gasteiger partial charge < -0.3 is 58.9 Å². The summed E-state index contributed by atoms with van der Waals surface area (Å²) in [5, 5.41) is 26.6. The van der Waals surface area contributed by atoms with Gasteiger partial charge in [0.2, 0.25) is 17.7 Å². The van der Waals surface area contributed by atoms with E-state index < -0.39 is 47.9 Å². The molecule has 2 fully saturated rings. The molecule has 5 aliphatic heterocycles. The van der Waals surface area contributed by atoms with Crippen LogP contribution in [0.3, 0.4) is 0 Å². The largest absolute Gasteiger partial charge is 0.497 e. The van der Waals surface area contributed by atoms with Gasteiger partial charge in [0.1, 0.15) is 23.8 Å². The third-order valence-electron chi connectivity index (χ3n) is 21.8. The standard InChI is InChI=1S/C84H93N9O16/c1-49(2)64(39-60(95)44-85-75(97)29-27-59(94)28-30-76(98)90-45-56-15-9-10-18-62(56)78-77(87-88-93(78)50(3)4)63-19-11-12-20-67(63)90)79(99)86-51(5)70(96)35-52-21-23-53(24-22-52)47-109-83(103)92-68-42-74(72(106-8)41-66(68)81(101)91-48-84(31-32-84)43-69(91)82(92)102)108-34-14-33-107-73-38-55-25-26-58-36-57(54-16-13-17-61(37-54)104-6)46-89(58)80(100)65(55)40-71(73)105-7/h9-13,15-24,37-38,40-42,46,49-51,58,64,69,82,102H,14,25-36,39,43-45,47-48H2,1-8H3,(H,85,97)(H,86,99)/t51-,58+,64-,69-,82?/m0/s1. The van der Waals surface area contributed by atoms with Crippen LogP contribution in [0.1, 0.15) is 160 Å². The lowest BCUT2D eigenvalue weighted by molar-refractivity contribution is -0.133.